The molecule has 0 unspecified atom stereocenters. The summed E-state index contributed by atoms with van der Waals surface area (Å²) in [6.07, 6.45) is 0. The Morgan fingerprint density at radius 3 is 1.92 bits per heavy atom. The second-order valence-electron chi connectivity index (χ2n) is 3.53. The molecule has 13 heavy (non-hydrogen) atoms. The Bertz CT molecular complexity index is 169. The van der Waals surface area contributed by atoms with Crippen LogP contribution in [0.15, 0.2) is 0 Å². The van der Waals surface area contributed by atoms with E-state index in [1.54, 1.807) is 18.4 Å². The molecule has 0 radical (unpaired) electrons. The zero-order valence-electron chi connectivity index (χ0n) is 8.47. The molecule has 0 aromatic rings. The molecule has 1 saturated heterocycles. The van der Waals surface area contributed by atoms with E-state index in [-0.39, 0.29) is 0 Å². The Morgan fingerprint density at radius 2 is 1.54 bits per heavy atom. The van der Waals surface area contributed by atoms with Crippen molar-refractivity contribution in [3.8, 4) is 0 Å². The van der Waals surface area contributed by atoms with Gasteiger partial charge in [0.15, 0.2) is 0 Å². The van der Waals surface area contributed by atoms with Crippen LogP contribution in [-0.4, -0.2) is 69.9 Å². The lowest BCUT2D eigenvalue weighted by molar-refractivity contribution is 0.196. The largest absolute Gasteiger partial charge is 0.304 e. The van der Waals surface area contributed by atoms with E-state index in [9.17, 15) is 9.11 Å². The van der Waals surface area contributed by atoms with Gasteiger partial charge in [0, 0.05) is 40.3 Å². The van der Waals surface area contributed by atoms with E-state index in [0.717, 1.165) is 26.2 Å². The average Bonchev–Trinajstić information content (AvgIpc) is 2.04. The molecule has 0 bridgehead atoms. The van der Waals surface area contributed by atoms with E-state index in [0.29, 0.717) is 0 Å². The summed E-state index contributed by atoms with van der Waals surface area (Å²) < 4.78 is 22.8. The minimum absolute atomic E-state index is 0.719. The third-order valence-corrected chi connectivity index (χ3v) is 4.34. The van der Waals surface area contributed by atoms with Gasteiger partial charge in [0.25, 0.3) is 0 Å². The highest BCUT2D eigenvalue weighted by Gasteiger charge is 2.27. The lowest BCUT2D eigenvalue weighted by Crippen LogP contribution is -2.48. The van der Waals surface area contributed by atoms with Crippen LogP contribution in [0.5, 0.6) is 0 Å². The Hall–Kier alpha value is 0.150. The number of likely N-dealkylation sites (N-methyl/N-ethyl adjacent to an activating group) is 1. The molecule has 80 valence electrons. The van der Waals surface area contributed by atoms with Crippen LogP contribution in [0.4, 0.5) is 0 Å². The molecule has 1 fully saturated rings. The van der Waals surface area contributed by atoms with Crippen molar-refractivity contribution in [3.05, 3.63) is 0 Å². The van der Waals surface area contributed by atoms with Gasteiger partial charge in [-0.25, -0.2) is 0 Å². The summed E-state index contributed by atoms with van der Waals surface area (Å²) >= 11 is 0. The van der Waals surface area contributed by atoms with Crippen molar-refractivity contribution in [2.75, 3.05) is 47.3 Å². The lowest BCUT2D eigenvalue weighted by Gasteiger charge is -2.49. The fraction of sp³-hybridized carbons (Fsp3) is 1.00. The highest BCUT2D eigenvalue weighted by atomic mass is 32.3. The van der Waals surface area contributed by atoms with Crippen molar-refractivity contribution in [2.45, 2.75) is 0 Å². The molecular weight excluding hydrogens is 190 g/mol. The van der Waals surface area contributed by atoms with Crippen LogP contribution in [0.25, 0.3) is 0 Å². The summed E-state index contributed by atoms with van der Waals surface area (Å²) in [4.78, 5) is 2.18. The zero-order chi connectivity index (χ0) is 10.1. The molecule has 5 nitrogen and oxygen atoms in total. The van der Waals surface area contributed by atoms with E-state index in [2.05, 4.69) is 4.90 Å². The normalized spacial score (nSPS) is 23.8. The maximum absolute atomic E-state index is 9.77. The van der Waals surface area contributed by atoms with Crippen LogP contribution in [0.2, 0.25) is 0 Å². The number of hydrogen-bond donors (Lipinski definition) is 2. The third-order valence-electron chi connectivity index (χ3n) is 2.30. The van der Waals surface area contributed by atoms with Crippen molar-refractivity contribution >= 4 is 11.0 Å². The van der Waals surface area contributed by atoms with E-state index < -0.39 is 11.0 Å². The molecule has 0 aromatic heterocycles. The smallest absolute Gasteiger partial charge is 0.0320 e. The van der Waals surface area contributed by atoms with Gasteiger partial charge in [-0.1, -0.05) is 11.0 Å². The van der Waals surface area contributed by atoms with Crippen LogP contribution >= 0.6 is 11.0 Å². The molecule has 2 N–H and O–H groups in total. The minimum Gasteiger partial charge on any atom is -0.304 e. The van der Waals surface area contributed by atoms with Crippen LogP contribution in [0.3, 0.4) is 0 Å². The van der Waals surface area contributed by atoms with Crippen LogP contribution in [0.1, 0.15) is 0 Å². The van der Waals surface area contributed by atoms with Crippen LogP contribution in [-0.2, 0) is 0 Å². The molecule has 1 heterocycles. The van der Waals surface area contributed by atoms with Crippen molar-refractivity contribution in [1.82, 2.24) is 13.5 Å². The van der Waals surface area contributed by atoms with E-state index in [1.165, 1.54) is 4.31 Å². The van der Waals surface area contributed by atoms with E-state index >= 15 is 0 Å². The number of nitrogens with zero attached hydrogens (tertiary/aromatic N) is 3. The highest BCUT2D eigenvalue weighted by molar-refractivity contribution is 8.20. The quantitative estimate of drug-likeness (QED) is 0.688. The monoisotopic (exact) mass is 209 g/mol. The first kappa shape index (κ1) is 11.2. The second-order valence-corrected chi connectivity index (χ2v) is 5.76. The van der Waals surface area contributed by atoms with Crippen LogP contribution < -0.4 is 0 Å². The van der Waals surface area contributed by atoms with Crippen molar-refractivity contribution in [1.29, 1.82) is 0 Å². The molecule has 0 aromatic carbocycles. The maximum Gasteiger partial charge on any atom is 0.0320 e. The number of rotatable bonds is 2. The van der Waals surface area contributed by atoms with Gasteiger partial charge in [-0.3, -0.25) is 9.11 Å². The van der Waals surface area contributed by atoms with Gasteiger partial charge in [0.2, 0.25) is 0 Å². The third kappa shape index (κ3) is 2.55. The van der Waals surface area contributed by atoms with Gasteiger partial charge in [0.1, 0.15) is 0 Å². The Morgan fingerprint density at radius 1 is 1.08 bits per heavy atom. The maximum atomic E-state index is 9.77. The molecule has 1 aliphatic rings. The number of piperazine rings is 1. The van der Waals surface area contributed by atoms with Gasteiger partial charge in [-0.05, 0) is 7.05 Å². The fourth-order valence-corrected chi connectivity index (χ4v) is 2.38. The molecule has 0 saturated carbocycles. The fourth-order valence-electron chi connectivity index (χ4n) is 1.26. The highest BCUT2D eigenvalue weighted by Crippen LogP contribution is 2.44. The Kier molecular flexibility index (Phi) is 3.56. The standard InChI is InChI=1S/C7H19N3O2S/c1-8(2)13(11,12)10-6-4-9(3)5-7-10/h11-12H,4-7H2,1-3H3. The van der Waals surface area contributed by atoms with Gasteiger partial charge in [-0.2, -0.15) is 8.61 Å². The summed E-state index contributed by atoms with van der Waals surface area (Å²) in [6.45, 7) is 3.22. The van der Waals surface area contributed by atoms with Gasteiger partial charge in [-0.15, -0.1) is 0 Å². The first-order chi connectivity index (χ1) is 5.94. The first-order valence-corrected chi connectivity index (χ1v) is 5.80. The molecule has 0 atom stereocenters. The van der Waals surface area contributed by atoms with Crippen LogP contribution in [0, 0.1) is 0 Å². The SMILES string of the molecule is CN1CCN(S(O)(O)N(C)C)CC1. The van der Waals surface area contributed by atoms with Crippen molar-refractivity contribution in [2.24, 2.45) is 0 Å². The van der Waals surface area contributed by atoms with Gasteiger partial charge >= 0.3 is 0 Å². The molecule has 1 aliphatic heterocycles. The first-order valence-electron chi connectivity index (χ1n) is 4.34. The van der Waals surface area contributed by atoms with Crippen molar-refractivity contribution < 1.29 is 9.11 Å². The van der Waals surface area contributed by atoms with E-state index in [1.807, 2.05) is 7.05 Å². The topological polar surface area (TPSA) is 50.2 Å². The predicted molar refractivity (Wildman–Crippen MR) is 55.6 cm³/mol. The summed E-state index contributed by atoms with van der Waals surface area (Å²) in [6, 6.07) is 0. The predicted octanol–water partition coefficient (Wildman–Crippen LogP) is 0.376. The molecule has 0 spiro atoms. The summed E-state index contributed by atoms with van der Waals surface area (Å²) in [5, 5.41) is 0. The average molecular weight is 209 g/mol. The summed E-state index contributed by atoms with van der Waals surface area (Å²) in [7, 11) is 2.73. The van der Waals surface area contributed by atoms with E-state index in [4.69, 9.17) is 0 Å². The molecule has 0 aliphatic carbocycles. The molecule has 0 amide bonds. The molecule has 1 rings (SSSR count). The summed E-state index contributed by atoms with van der Waals surface area (Å²) in [5.74, 6) is 0. The van der Waals surface area contributed by atoms with Gasteiger partial charge in [0.05, 0.1) is 0 Å². The minimum atomic E-state index is -2.68. The number of hydrogen-bond acceptors (Lipinski definition) is 5. The molecular formula is C7H19N3O2S. The lowest BCUT2D eigenvalue weighted by atomic mass is 10.4. The van der Waals surface area contributed by atoms with Crippen molar-refractivity contribution in [3.63, 3.8) is 0 Å². The van der Waals surface area contributed by atoms with Gasteiger partial charge < -0.3 is 4.90 Å². The Balaban J connectivity index is 2.52. The molecule has 6 heteroatoms. The zero-order valence-corrected chi connectivity index (χ0v) is 9.29. The second kappa shape index (κ2) is 4.12. The Labute approximate surface area is 81.5 Å². The summed E-state index contributed by atoms with van der Waals surface area (Å²) in [5.41, 5.74) is 0.